The van der Waals surface area contributed by atoms with Gasteiger partial charge in [-0.05, 0) is 35.0 Å². The molecule has 0 aliphatic heterocycles. The van der Waals surface area contributed by atoms with Crippen molar-refractivity contribution in [1.82, 2.24) is 5.32 Å². The molecule has 0 saturated carbocycles. The Morgan fingerprint density at radius 1 is 1.00 bits per heavy atom. The fourth-order valence-electron chi connectivity index (χ4n) is 2.53. The van der Waals surface area contributed by atoms with Crippen molar-refractivity contribution in [3.8, 4) is 0 Å². The zero-order valence-electron chi connectivity index (χ0n) is 11.0. The lowest BCUT2D eigenvalue weighted by Gasteiger charge is -2.18. The van der Waals surface area contributed by atoms with Gasteiger partial charge in [-0.2, -0.15) is 0 Å². The molecule has 0 fully saturated rings. The number of furan rings is 1. The van der Waals surface area contributed by atoms with Gasteiger partial charge in [0.15, 0.2) is 0 Å². The van der Waals surface area contributed by atoms with Gasteiger partial charge in [0.2, 0.25) is 0 Å². The molecule has 0 aliphatic rings. The van der Waals surface area contributed by atoms with Crippen molar-refractivity contribution in [2.75, 3.05) is 6.54 Å². The smallest absolute Gasteiger partial charge is 0.125 e. The molecular formula is C17H17NO. The molecule has 2 heteroatoms. The van der Waals surface area contributed by atoms with Gasteiger partial charge in [0.25, 0.3) is 0 Å². The van der Waals surface area contributed by atoms with Crippen molar-refractivity contribution >= 4 is 10.8 Å². The second-order valence-electron chi connectivity index (χ2n) is 4.57. The lowest BCUT2D eigenvalue weighted by molar-refractivity contribution is 0.453. The molecule has 0 spiro atoms. The van der Waals surface area contributed by atoms with Gasteiger partial charge in [-0.15, -0.1) is 0 Å². The third kappa shape index (κ3) is 2.27. The highest BCUT2D eigenvalue weighted by atomic mass is 16.3. The monoisotopic (exact) mass is 251 g/mol. The zero-order chi connectivity index (χ0) is 13.1. The molecular weight excluding hydrogens is 234 g/mol. The van der Waals surface area contributed by atoms with Gasteiger partial charge < -0.3 is 9.73 Å². The highest BCUT2D eigenvalue weighted by Crippen LogP contribution is 2.29. The number of hydrogen-bond donors (Lipinski definition) is 1. The molecule has 96 valence electrons. The van der Waals surface area contributed by atoms with Crippen LogP contribution in [0.1, 0.15) is 24.3 Å². The highest BCUT2D eigenvalue weighted by Gasteiger charge is 2.17. The molecule has 1 aromatic heterocycles. The van der Waals surface area contributed by atoms with Gasteiger partial charge in [0, 0.05) is 0 Å². The van der Waals surface area contributed by atoms with Gasteiger partial charge in [-0.3, -0.25) is 0 Å². The summed E-state index contributed by atoms with van der Waals surface area (Å²) >= 11 is 0. The second kappa shape index (κ2) is 5.29. The number of rotatable bonds is 4. The summed E-state index contributed by atoms with van der Waals surface area (Å²) in [4.78, 5) is 0. The highest BCUT2D eigenvalue weighted by molar-refractivity contribution is 5.86. The first-order valence-corrected chi connectivity index (χ1v) is 6.64. The van der Waals surface area contributed by atoms with Crippen molar-refractivity contribution in [3.05, 3.63) is 72.2 Å². The standard InChI is InChI=1S/C17H17NO/c1-2-18-17(16-11-6-12-19-16)15-10-5-8-13-7-3-4-9-14(13)15/h3-12,17-18H,2H2,1H3. The van der Waals surface area contributed by atoms with E-state index in [1.807, 2.05) is 12.1 Å². The number of hydrogen-bond acceptors (Lipinski definition) is 2. The van der Waals surface area contributed by atoms with Crippen LogP contribution >= 0.6 is 0 Å². The molecule has 1 heterocycles. The Hall–Kier alpha value is -2.06. The predicted molar refractivity (Wildman–Crippen MR) is 78.2 cm³/mol. The minimum Gasteiger partial charge on any atom is -0.467 e. The molecule has 1 N–H and O–H groups in total. The molecule has 1 unspecified atom stereocenters. The van der Waals surface area contributed by atoms with Crippen LogP contribution in [-0.4, -0.2) is 6.54 Å². The fraction of sp³-hybridized carbons (Fsp3) is 0.176. The molecule has 0 saturated heterocycles. The summed E-state index contributed by atoms with van der Waals surface area (Å²) < 4.78 is 5.59. The first kappa shape index (κ1) is 12.0. The first-order valence-electron chi connectivity index (χ1n) is 6.64. The van der Waals surface area contributed by atoms with E-state index in [1.54, 1.807) is 6.26 Å². The topological polar surface area (TPSA) is 25.2 Å². The van der Waals surface area contributed by atoms with E-state index in [-0.39, 0.29) is 6.04 Å². The molecule has 1 atom stereocenters. The molecule has 2 nitrogen and oxygen atoms in total. The predicted octanol–water partition coefficient (Wildman–Crippen LogP) is 4.13. The van der Waals surface area contributed by atoms with E-state index in [0.29, 0.717) is 0 Å². The Morgan fingerprint density at radius 3 is 2.63 bits per heavy atom. The number of benzene rings is 2. The van der Waals surface area contributed by atoms with Crippen LogP contribution < -0.4 is 5.32 Å². The maximum atomic E-state index is 5.59. The summed E-state index contributed by atoms with van der Waals surface area (Å²) in [5.41, 5.74) is 1.26. The lowest BCUT2D eigenvalue weighted by Crippen LogP contribution is -2.21. The Balaban J connectivity index is 2.15. The van der Waals surface area contributed by atoms with Gasteiger partial charge in [0.1, 0.15) is 5.76 Å². The normalized spacial score (nSPS) is 12.7. The van der Waals surface area contributed by atoms with Gasteiger partial charge >= 0.3 is 0 Å². The van der Waals surface area contributed by atoms with Crippen LogP contribution in [0, 0.1) is 0 Å². The van der Waals surface area contributed by atoms with E-state index in [9.17, 15) is 0 Å². The SMILES string of the molecule is CCNC(c1ccco1)c1cccc2ccccc12. The van der Waals surface area contributed by atoms with Crippen LogP contribution in [0.5, 0.6) is 0 Å². The van der Waals surface area contributed by atoms with Gasteiger partial charge in [0.05, 0.1) is 12.3 Å². The second-order valence-corrected chi connectivity index (χ2v) is 4.57. The molecule has 0 bridgehead atoms. The van der Waals surface area contributed by atoms with E-state index >= 15 is 0 Å². The van der Waals surface area contributed by atoms with Crippen molar-refractivity contribution in [2.45, 2.75) is 13.0 Å². The van der Waals surface area contributed by atoms with E-state index in [4.69, 9.17) is 4.42 Å². The minimum atomic E-state index is 0.103. The molecule has 19 heavy (non-hydrogen) atoms. The summed E-state index contributed by atoms with van der Waals surface area (Å²) in [6.07, 6.45) is 1.73. The van der Waals surface area contributed by atoms with Crippen molar-refractivity contribution in [2.24, 2.45) is 0 Å². The summed E-state index contributed by atoms with van der Waals surface area (Å²) in [6.45, 7) is 3.01. The number of nitrogens with one attached hydrogen (secondary N) is 1. The van der Waals surface area contributed by atoms with E-state index in [0.717, 1.165) is 12.3 Å². The summed E-state index contributed by atoms with van der Waals surface area (Å²) in [7, 11) is 0. The average molecular weight is 251 g/mol. The van der Waals surface area contributed by atoms with Crippen molar-refractivity contribution in [1.29, 1.82) is 0 Å². The van der Waals surface area contributed by atoms with Crippen LogP contribution in [0.3, 0.4) is 0 Å². The third-order valence-electron chi connectivity index (χ3n) is 3.37. The Morgan fingerprint density at radius 2 is 1.84 bits per heavy atom. The summed E-state index contributed by atoms with van der Waals surface area (Å²) in [5.74, 6) is 0.957. The summed E-state index contributed by atoms with van der Waals surface area (Å²) in [5, 5.41) is 6.03. The van der Waals surface area contributed by atoms with E-state index in [2.05, 4.69) is 54.7 Å². The molecule has 3 aromatic rings. The first-order chi connectivity index (χ1) is 9.40. The van der Waals surface area contributed by atoms with E-state index < -0.39 is 0 Å². The molecule has 0 aliphatic carbocycles. The molecule has 3 rings (SSSR count). The van der Waals surface area contributed by atoms with Gasteiger partial charge in [-0.1, -0.05) is 49.4 Å². The Kier molecular flexibility index (Phi) is 3.34. The fourth-order valence-corrected chi connectivity index (χ4v) is 2.53. The van der Waals surface area contributed by atoms with Crippen LogP contribution in [0.25, 0.3) is 10.8 Å². The van der Waals surface area contributed by atoms with Crippen LogP contribution in [0.2, 0.25) is 0 Å². The van der Waals surface area contributed by atoms with Crippen LogP contribution in [0.15, 0.2) is 65.3 Å². The summed E-state index contributed by atoms with van der Waals surface area (Å²) in [6, 6.07) is 18.9. The van der Waals surface area contributed by atoms with Crippen molar-refractivity contribution < 1.29 is 4.42 Å². The van der Waals surface area contributed by atoms with E-state index in [1.165, 1.54) is 16.3 Å². The molecule has 0 radical (unpaired) electrons. The van der Waals surface area contributed by atoms with Gasteiger partial charge in [-0.25, -0.2) is 0 Å². The Labute approximate surface area is 113 Å². The third-order valence-corrected chi connectivity index (χ3v) is 3.37. The largest absolute Gasteiger partial charge is 0.467 e. The quantitative estimate of drug-likeness (QED) is 0.754. The Bertz CT molecular complexity index is 653. The maximum absolute atomic E-state index is 5.59. The van der Waals surface area contributed by atoms with Crippen LogP contribution in [-0.2, 0) is 0 Å². The van der Waals surface area contributed by atoms with Crippen LogP contribution in [0.4, 0.5) is 0 Å². The maximum Gasteiger partial charge on any atom is 0.125 e. The number of fused-ring (bicyclic) bond motifs is 1. The van der Waals surface area contributed by atoms with Crippen molar-refractivity contribution in [3.63, 3.8) is 0 Å². The minimum absolute atomic E-state index is 0.103. The molecule has 0 amide bonds. The lowest BCUT2D eigenvalue weighted by atomic mass is 9.97. The zero-order valence-corrected chi connectivity index (χ0v) is 11.0. The molecule has 2 aromatic carbocycles. The average Bonchev–Trinajstić information content (AvgIpc) is 2.98.